The topological polar surface area (TPSA) is 0 Å². The predicted molar refractivity (Wildman–Crippen MR) is 80.9 cm³/mol. The number of allylic oxidation sites excluding steroid dienone is 2. The summed E-state index contributed by atoms with van der Waals surface area (Å²) in [5.41, 5.74) is -0.390. The van der Waals surface area contributed by atoms with Crippen molar-refractivity contribution in [1.29, 1.82) is 0 Å². The lowest BCUT2D eigenvalue weighted by atomic mass is 9.45. The van der Waals surface area contributed by atoms with Crippen LogP contribution in [0.5, 0.6) is 0 Å². The van der Waals surface area contributed by atoms with E-state index in [2.05, 4.69) is 6.92 Å². The third-order valence-corrected chi connectivity index (χ3v) is 7.39. The van der Waals surface area contributed by atoms with Gasteiger partial charge in [0, 0.05) is 4.11 Å². The van der Waals surface area contributed by atoms with Crippen LogP contribution in [-0.4, -0.2) is 0 Å². The first-order chi connectivity index (χ1) is 10.8. The van der Waals surface area contributed by atoms with Crippen molar-refractivity contribution < 1.29 is 5.48 Å². The molecule has 0 aliphatic heterocycles. The van der Waals surface area contributed by atoms with Crippen molar-refractivity contribution in [2.45, 2.75) is 71.6 Å². The third kappa shape index (κ3) is 1.64. The Bertz CT molecular complexity index is 522. The van der Waals surface area contributed by atoms with Crippen molar-refractivity contribution in [1.82, 2.24) is 0 Å². The molecule has 0 heterocycles. The molecule has 0 aromatic heterocycles. The Labute approximate surface area is 124 Å². The quantitative estimate of drug-likeness (QED) is 0.499. The molecule has 106 valence electrons. The summed E-state index contributed by atoms with van der Waals surface area (Å²) >= 11 is 0. The van der Waals surface area contributed by atoms with Crippen LogP contribution in [0.25, 0.3) is 0 Å². The average Bonchev–Trinajstić information content (AvgIpc) is 2.85. The Morgan fingerprint density at radius 1 is 1.11 bits per heavy atom. The zero-order chi connectivity index (χ0) is 16.5. The Hall–Kier alpha value is -0.260. The van der Waals surface area contributed by atoms with Crippen molar-refractivity contribution in [2.75, 3.05) is 0 Å². The van der Waals surface area contributed by atoms with Gasteiger partial charge in [-0.1, -0.05) is 38.7 Å². The molecule has 19 heavy (non-hydrogen) atoms. The summed E-state index contributed by atoms with van der Waals surface area (Å²) in [5.74, 6) is 2.28. The maximum atomic E-state index is 8.40. The fraction of sp³-hybridized carbons (Fsp3) is 0.895. The molecule has 0 amide bonds. The smallest absolute Gasteiger partial charge is 0.0578 e. The fourth-order valence-electron chi connectivity index (χ4n) is 6.36. The highest BCUT2D eigenvalue weighted by Crippen LogP contribution is 2.64. The molecule has 4 aliphatic rings. The van der Waals surface area contributed by atoms with Crippen LogP contribution in [0.1, 0.15) is 77.0 Å². The van der Waals surface area contributed by atoms with Crippen LogP contribution in [-0.2, 0) is 0 Å². The second kappa shape index (κ2) is 4.12. The lowest BCUT2D eigenvalue weighted by molar-refractivity contribution is -0.0969. The van der Waals surface area contributed by atoms with E-state index in [0.29, 0.717) is 29.7 Å². The molecule has 3 fully saturated rings. The van der Waals surface area contributed by atoms with Gasteiger partial charge in [-0.2, -0.15) is 0 Å². The molecule has 6 atom stereocenters. The van der Waals surface area contributed by atoms with Gasteiger partial charge in [-0.3, -0.25) is 0 Å². The van der Waals surface area contributed by atoms with E-state index in [9.17, 15) is 0 Å². The normalized spacial score (nSPS) is 60.6. The second-order valence-corrected chi connectivity index (χ2v) is 8.00. The maximum Gasteiger partial charge on any atom is 0.0578 e. The van der Waals surface area contributed by atoms with E-state index in [1.165, 1.54) is 38.5 Å². The summed E-state index contributed by atoms with van der Waals surface area (Å²) < 4.78 is 33.0. The lowest BCUT2D eigenvalue weighted by Gasteiger charge is -2.59. The monoisotopic (exact) mass is 262 g/mol. The van der Waals surface area contributed by atoms with Crippen molar-refractivity contribution >= 4 is 0 Å². The molecule has 0 heteroatoms. The molecule has 4 aliphatic carbocycles. The standard InChI is InChI=1S/C19H30/c1-18-11-5-7-16(18)15-9-8-14-6-3-4-12-19(14,2)17(15)10-13-18/h5,11,14-17H,3-4,6-10,12-13H2,1-2H3/t14?,15-,16-,17-,18-,19-/m0/s1/i1D3,11D. The molecule has 0 aromatic carbocycles. The zero-order valence-corrected chi connectivity index (χ0v) is 12.3. The predicted octanol–water partition coefficient (Wildman–Crippen LogP) is 5.59. The Kier molecular flexibility index (Phi) is 1.93. The molecular weight excluding hydrogens is 228 g/mol. The maximum absolute atomic E-state index is 8.40. The summed E-state index contributed by atoms with van der Waals surface area (Å²) in [6, 6.07) is 0.428. The minimum Gasteiger partial charge on any atom is -0.0877 e. The number of hydrogen-bond acceptors (Lipinski definition) is 0. The fourth-order valence-corrected chi connectivity index (χ4v) is 6.36. The van der Waals surface area contributed by atoms with E-state index in [1.807, 2.05) is 6.08 Å². The van der Waals surface area contributed by atoms with Gasteiger partial charge in [0.05, 0.1) is 1.37 Å². The first kappa shape index (κ1) is 8.90. The van der Waals surface area contributed by atoms with Crippen molar-refractivity contribution in [3.63, 3.8) is 0 Å². The number of rotatable bonds is 0. The highest BCUT2D eigenvalue weighted by atomic mass is 14.6. The molecule has 0 bridgehead atoms. The SMILES string of the molecule is [2H]C1=CC[C@H]2[C@@H]3CCC4CCCC[C@]4(C)[C@H]3CC[C@]12C([2H])([2H])[2H]. The molecule has 0 N–H and O–H groups in total. The highest BCUT2D eigenvalue weighted by Gasteiger charge is 2.56. The van der Waals surface area contributed by atoms with E-state index in [-0.39, 0.29) is 5.92 Å². The Morgan fingerprint density at radius 3 is 2.95 bits per heavy atom. The van der Waals surface area contributed by atoms with Crippen LogP contribution >= 0.6 is 0 Å². The van der Waals surface area contributed by atoms with Crippen LogP contribution in [0.2, 0.25) is 0 Å². The van der Waals surface area contributed by atoms with Crippen LogP contribution in [0.15, 0.2) is 12.1 Å². The molecule has 1 unspecified atom stereocenters. The van der Waals surface area contributed by atoms with Crippen molar-refractivity contribution in [3.8, 4) is 0 Å². The molecule has 0 nitrogen and oxygen atoms in total. The van der Waals surface area contributed by atoms with Gasteiger partial charge < -0.3 is 0 Å². The Balaban J connectivity index is 1.70. The van der Waals surface area contributed by atoms with Crippen LogP contribution in [0.4, 0.5) is 0 Å². The van der Waals surface area contributed by atoms with Gasteiger partial charge in [-0.25, -0.2) is 0 Å². The molecule has 0 aromatic rings. The van der Waals surface area contributed by atoms with Crippen molar-refractivity contribution in [3.05, 3.63) is 12.1 Å². The summed E-state index contributed by atoms with van der Waals surface area (Å²) in [6.07, 6.45) is 12.5. The summed E-state index contributed by atoms with van der Waals surface area (Å²) in [5, 5.41) is 0. The van der Waals surface area contributed by atoms with Gasteiger partial charge in [-0.15, -0.1) is 0 Å². The van der Waals surface area contributed by atoms with E-state index in [1.54, 1.807) is 0 Å². The van der Waals surface area contributed by atoms with Gasteiger partial charge in [-0.05, 0) is 79.4 Å². The molecule has 0 saturated heterocycles. The van der Waals surface area contributed by atoms with Gasteiger partial charge in [0.15, 0.2) is 0 Å². The first-order valence-corrected chi connectivity index (χ1v) is 8.48. The van der Waals surface area contributed by atoms with Gasteiger partial charge in [0.1, 0.15) is 0 Å². The van der Waals surface area contributed by atoms with Crippen LogP contribution < -0.4 is 0 Å². The minimum absolute atomic E-state index is 0.195. The second-order valence-electron chi connectivity index (χ2n) is 8.00. The summed E-state index contributed by atoms with van der Waals surface area (Å²) in [4.78, 5) is 0. The van der Waals surface area contributed by atoms with E-state index in [0.717, 1.165) is 18.8 Å². The molecule has 0 spiro atoms. The number of hydrogen-bond donors (Lipinski definition) is 0. The van der Waals surface area contributed by atoms with Crippen LogP contribution in [0, 0.1) is 34.5 Å². The zero-order valence-electron chi connectivity index (χ0n) is 16.3. The lowest BCUT2D eigenvalue weighted by Crippen LogP contribution is -2.51. The third-order valence-electron chi connectivity index (χ3n) is 7.39. The highest BCUT2D eigenvalue weighted by molar-refractivity contribution is 5.16. The summed E-state index contributed by atoms with van der Waals surface area (Å²) in [7, 11) is 0. The van der Waals surface area contributed by atoms with E-state index >= 15 is 0 Å². The molecular formula is C19H30. The van der Waals surface area contributed by atoms with Crippen LogP contribution in [0.3, 0.4) is 0 Å². The first-order valence-electron chi connectivity index (χ1n) is 10.5. The largest absolute Gasteiger partial charge is 0.0877 e. The summed E-state index contributed by atoms with van der Waals surface area (Å²) in [6.45, 7) is 0.497. The molecule has 0 radical (unpaired) electrons. The molecule has 3 saturated carbocycles. The van der Waals surface area contributed by atoms with Crippen molar-refractivity contribution in [2.24, 2.45) is 34.5 Å². The average molecular weight is 262 g/mol. The molecule has 4 rings (SSSR count). The van der Waals surface area contributed by atoms with E-state index < -0.39 is 12.3 Å². The number of fused-ring (bicyclic) bond motifs is 5. The van der Waals surface area contributed by atoms with E-state index in [4.69, 9.17) is 5.48 Å². The minimum atomic E-state index is -2.02. The van der Waals surface area contributed by atoms with Gasteiger partial charge in [0.2, 0.25) is 0 Å². The van der Waals surface area contributed by atoms with Gasteiger partial charge >= 0.3 is 0 Å². The van der Waals surface area contributed by atoms with Gasteiger partial charge in [0.25, 0.3) is 0 Å². The Morgan fingerprint density at radius 2 is 2.05 bits per heavy atom.